The molecule has 12 rings (SSSR count). The first-order valence-electron chi connectivity index (χ1n) is 31.0. The molecule has 454 valence electrons. The molecule has 0 bridgehead atoms. The minimum Gasteiger partial charge on any atom is -0.265 e. The van der Waals surface area contributed by atoms with E-state index < -0.39 is 0 Å². The Bertz CT molecular complexity index is 2630. The molecule has 6 aromatic carbocycles. The standard InChI is InChI=1S/C15H14.C10H8.C9H7N.C7H7N3.C6H9N3.C6H6.C5H5N.9C2H6/c1-15(2)13-9-5-3-7-11(13)12-8-4-6-10-14(12)15;1-2-6-10-8-4-3-7-9(10)5-1;1-2-6-9-8(4-1)5-3-7-10-9;1-5-9-6-3-2-4-8-7(6)10-5;1-4-7-5(2)9-6(3)8-4;2*1-2-4-6-5-3-1;9*1-2/h3-10H,1-2H3;1-8H;1-7H;2-4,6H,1H3;1-3H3;1-6H;1-5H;9*1-2H3. The number of rotatable bonds is 0. The average Bonchev–Trinajstić information content (AvgIpc) is 3.18. The Balaban J connectivity index is -0.000000430. The van der Waals surface area contributed by atoms with Gasteiger partial charge in [-0.15, -0.1) is 0 Å². The third-order valence-electron chi connectivity index (χ3n) is 10.3. The molecule has 0 spiro atoms. The molecule has 2 aliphatic heterocycles. The van der Waals surface area contributed by atoms with E-state index in [0.29, 0.717) is 0 Å². The van der Waals surface area contributed by atoms with Crippen LogP contribution in [0.2, 0.25) is 0 Å². The van der Waals surface area contributed by atoms with Crippen molar-refractivity contribution in [2.24, 2.45) is 15.0 Å². The van der Waals surface area contributed by atoms with Crippen LogP contribution in [-0.4, -0.2) is 48.8 Å². The summed E-state index contributed by atoms with van der Waals surface area (Å²) in [5.41, 5.74) is 6.92. The molecular formula is C76H110N8. The molecule has 0 N–H and O–H groups in total. The molecule has 9 aromatic rings. The topological polar surface area (TPSA) is 102 Å². The highest BCUT2D eigenvalue weighted by molar-refractivity contribution is 6.10. The van der Waals surface area contributed by atoms with Gasteiger partial charge in [-0.05, 0) is 91.1 Å². The van der Waals surface area contributed by atoms with Gasteiger partial charge in [-0.25, -0.2) is 24.9 Å². The van der Waals surface area contributed by atoms with Gasteiger partial charge in [0.25, 0.3) is 0 Å². The van der Waals surface area contributed by atoms with Crippen molar-refractivity contribution in [3.8, 4) is 11.1 Å². The number of hydrogen-bond donors (Lipinski definition) is 0. The first kappa shape index (κ1) is 82.4. The van der Waals surface area contributed by atoms with E-state index in [1.165, 1.54) is 38.4 Å². The van der Waals surface area contributed by atoms with Crippen LogP contribution in [0.15, 0.2) is 234 Å². The minimum absolute atomic E-state index is 0.102. The number of amidine groups is 2. The van der Waals surface area contributed by atoms with Crippen molar-refractivity contribution < 1.29 is 0 Å². The molecule has 1 aliphatic carbocycles. The van der Waals surface area contributed by atoms with E-state index in [2.05, 4.69) is 163 Å². The van der Waals surface area contributed by atoms with Gasteiger partial charge in [-0.2, -0.15) is 0 Å². The molecular weight excluding hydrogens is 1020 g/mol. The summed E-state index contributed by atoms with van der Waals surface area (Å²) < 4.78 is 0. The predicted molar refractivity (Wildman–Crippen MR) is 379 cm³/mol. The fourth-order valence-corrected chi connectivity index (χ4v) is 7.32. The van der Waals surface area contributed by atoms with E-state index in [0.717, 1.165) is 34.7 Å². The highest BCUT2D eigenvalue weighted by atomic mass is 15.1. The lowest BCUT2D eigenvalue weighted by molar-refractivity contribution is 0.660. The van der Waals surface area contributed by atoms with E-state index in [-0.39, 0.29) is 11.5 Å². The monoisotopic (exact) mass is 1130 g/mol. The maximum atomic E-state index is 4.22. The van der Waals surface area contributed by atoms with Crippen molar-refractivity contribution in [1.29, 1.82) is 0 Å². The van der Waals surface area contributed by atoms with Crippen molar-refractivity contribution >= 4 is 39.6 Å². The van der Waals surface area contributed by atoms with Crippen LogP contribution in [-0.2, 0) is 5.41 Å². The fourth-order valence-electron chi connectivity index (χ4n) is 7.32. The van der Waals surface area contributed by atoms with Crippen LogP contribution >= 0.6 is 0 Å². The molecule has 8 nitrogen and oxygen atoms in total. The van der Waals surface area contributed by atoms with E-state index in [1.54, 1.807) is 18.6 Å². The van der Waals surface area contributed by atoms with Crippen LogP contribution in [0.3, 0.4) is 0 Å². The predicted octanol–water partition coefficient (Wildman–Crippen LogP) is 22.7. The zero-order chi connectivity index (χ0) is 64.4. The lowest BCUT2D eigenvalue weighted by Gasteiger charge is -2.20. The lowest BCUT2D eigenvalue weighted by atomic mass is 9.82. The summed E-state index contributed by atoms with van der Waals surface area (Å²) in [7, 11) is 0. The summed E-state index contributed by atoms with van der Waals surface area (Å²) in [6, 6.07) is 64.1. The maximum Gasteiger partial charge on any atom is 0.158 e. The summed E-state index contributed by atoms with van der Waals surface area (Å²) in [5.74, 6) is 4.02. The number of pyridine rings is 2. The summed E-state index contributed by atoms with van der Waals surface area (Å²) in [4.78, 5) is 32.4. The second kappa shape index (κ2) is 56.7. The van der Waals surface area contributed by atoms with Crippen LogP contribution in [0.5, 0.6) is 0 Å². The van der Waals surface area contributed by atoms with Gasteiger partial charge in [0.15, 0.2) is 5.84 Å². The first-order valence-corrected chi connectivity index (χ1v) is 31.0. The smallest absolute Gasteiger partial charge is 0.158 e. The van der Waals surface area contributed by atoms with Crippen LogP contribution in [0, 0.1) is 20.8 Å². The molecule has 8 heteroatoms. The third kappa shape index (κ3) is 33.1. The molecule has 3 aliphatic rings. The van der Waals surface area contributed by atoms with Gasteiger partial charge in [0.05, 0.1) is 5.52 Å². The van der Waals surface area contributed by atoms with Gasteiger partial charge in [-0.3, -0.25) is 15.0 Å². The molecule has 0 amide bonds. The summed E-state index contributed by atoms with van der Waals surface area (Å²) in [5, 5.41) is 3.82. The van der Waals surface area contributed by atoms with Gasteiger partial charge in [0.2, 0.25) is 0 Å². The lowest BCUT2D eigenvalue weighted by Crippen LogP contribution is -2.14. The third-order valence-corrected chi connectivity index (χ3v) is 10.3. The zero-order valence-corrected chi connectivity index (χ0v) is 56.5. The quantitative estimate of drug-likeness (QED) is 0.151. The molecule has 5 heterocycles. The second-order valence-electron chi connectivity index (χ2n) is 15.7. The van der Waals surface area contributed by atoms with Crippen molar-refractivity contribution in [3.05, 3.63) is 247 Å². The van der Waals surface area contributed by atoms with Crippen molar-refractivity contribution in [2.45, 2.75) is 178 Å². The van der Waals surface area contributed by atoms with Gasteiger partial charge in [0.1, 0.15) is 29.4 Å². The number of hydrogen-bond acceptors (Lipinski definition) is 8. The van der Waals surface area contributed by atoms with E-state index >= 15 is 0 Å². The van der Waals surface area contributed by atoms with Crippen molar-refractivity contribution in [3.63, 3.8) is 0 Å². The number of aryl methyl sites for hydroxylation is 3. The molecule has 1 unspecified atom stereocenters. The summed E-state index contributed by atoms with van der Waals surface area (Å²) >= 11 is 0. The van der Waals surface area contributed by atoms with Crippen LogP contribution in [0.4, 0.5) is 0 Å². The van der Waals surface area contributed by atoms with Crippen LogP contribution < -0.4 is 0 Å². The Hall–Kier alpha value is -8.10. The average molecular weight is 1140 g/mol. The highest BCUT2D eigenvalue weighted by Crippen LogP contribution is 2.48. The largest absolute Gasteiger partial charge is 0.265 e. The Morgan fingerprint density at radius 1 is 0.357 bits per heavy atom. The van der Waals surface area contributed by atoms with Gasteiger partial charge in [-0.1, -0.05) is 308 Å². The Labute approximate surface area is 513 Å². The number of aromatic nitrogens is 5. The molecule has 0 fully saturated rings. The van der Waals surface area contributed by atoms with Crippen LogP contribution in [0.25, 0.3) is 32.8 Å². The van der Waals surface area contributed by atoms with Crippen molar-refractivity contribution in [1.82, 2.24) is 24.9 Å². The fraction of sp³-hybridized carbons (Fsp3) is 0.342. The van der Waals surface area contributed by atoms with Gasteiger partial charge >= 0.3 is 0 Å². The molecule has 0 saturated heterocycles. The number of allylic oxidation sites excluding steroid dienone is 1. The number of aliphatic imine (C=N–C) groups is 3. The summed E-state index contributed by atoms with van der Waals surface area (Å²) in [6.45, 7) is 48.1. The maximum absolute atomic E-state index is 4.22. The van der Waals surface area contributed by atoms with E-state index in [1.807, 2.05) is 250 Å². The molecule has 0 radical (unpaired) electrons. The minimum atomic E-state index is 0.102. The molecule has 84 heavy (non-hydrogen) atoms. The van der Waals surface area contributed by atoms with Gasteiger partial charge < -0.3 is 0 Å². The Kier molecular flexibility index (Phi) is 55.6. The molecule has 1 atom stereocenters. The SMILES string of the molecule is CC.CC.CC.CC.CC.CC.CC.CC.CC.CC1(C)c2ccccc2-c2ccccc21.CC1=NC2C=CC=NC2=N1.Cc1nc(C)nc(C)n1.c1ccc2ccccc2c1.c1ccc2ncccc2c1.c1ccccc1.c1ccncc1. The Morgan fingerprint density at radius 2 is 0.702 bits per heavy atom. The number of para-hydroxylation sites is 1. The Morgan fingerprint density at radius 3 is 1.06 bits per heavy atom. The van der Waals surface area contributed by atoms with Crippen molar-refractivity contribution in [2.75, 3.05) is 0 Å². The number of benzene rings is 6. The highest BCUT2D eigenvalue weighted by Gasteiger charge is 2.34. The second-order valence-corrected chi connectivity index (χ2v) is 15.7. The number of fused-ring (bicyclic) bond motifs is 6. The van der Waals surface area contributed by atoms with Gasteiger partial charge in [0, 0.05) is 35.6 Å². The zero-order valence-electron chi connectivity index (χ0n) is 56.5. The number of nitrogens with zero attached hydrogens (tertiary/aromatic N) is 8. The van der Waals surface area contributed by atoms with Crippen LogP contribution in [0.1, 0.15) is 174 Å². The van der Waals surface area contributed by atoms with E-state index in [9.17, 15) is 0 Å². The first-order chi connectivity index (χ1) is 41.2. The molecule has 0 saturated carbocycles. The summed E-state index contributed by atoms with van der Waals surface area (Å²) in [6.07, 6.45) is 10.9. The normalized spacial score (nSPS) is 11.4. The van der Waals surface area contributed by atoms with E-state index in [4.69, 9.17) is 0 Å². The number of dihydropyridines is 1. The molecule has 3 aromatic heterocycles.